The van der Waals surface area contributed by atoms with Gasteiger partial charge in [0.15, 0.2) is 0 Å². The van der Waals surface area contributed by atoms with Crippen LogP contribution in [-0.2, 0) is 6.18 Å². The highest BCUT2D eigenvalue weighted by atomic mass is 35.5. The van der Waals surface area contributed by atoms with Gasteiger partial charge in [0.25, 0.3) is 0 Å². The maximum absolute atomic E-state index is 12.7. The van der Waals surface area contributed by atoms with E-state index < -0.39 is 17.8 Å². The van der Waals surface area contributed by atoms with Crippen LogP contribution in [0.2, 0.25) is 5.02 Å². The average molecular weight is 253 g/mol. The molecule has 0 saturated heterocycles. The molecule has 0 heterocycles. The Labute approximate surface area is 96.4 Å². The number of nitrogens with two attached hydrogens (primary N) is 2. The van der Waals surface area contributed by atoms with E-state index in [-0.39, 0.29) is 23.6 Å². The Morgan fingerprint density at radius 3 is 2.44 bits per heavy atom. The monoisotopic (exact) mass is 252 g/mol. The molecule has 1 aromatic rings. The van der Waals surface area contributed by atoms with Crippen molar-refractivity contribution >= 4 is 11.6 Å². The van der Waals surface area contributed by atoms with Gasteiger partial charge in [0.1, 0.15) is 0 Å². The van der Waals surface area contributed by atoms with Gasteiger partial charge in [0.2, 0.25) is 0 Å². The maximum atomic E-state index is 12.7. The Morgan fingerprint density at radius 2 is 1.94 bits per heavy atom. The zero-order valence-corrected chi connectivity index (χ0v) is 9.15. The molecule has 0 unspecified atom stereocenters. The minimum Gasteiger partial charge on any atom is -0.330 e. The minimum atomic E-state index is -4.45. The normalized spacial score (nSPS) is 13.9. The molecule has 0 aliphatic rings. The first-order valence-corrected chi connectivity index (χ1v) is 5.07. The third-order valence-corrected chi connectivity index (χ3v) is 2.54. The largest absolute Gasteiger partial charge is 0.416 e. The number of halogens is 4. The van der Waals surface area contributed by atoms with Crippen molar-refractivity contribution in [2.75, 3.05) is 6.54 Å². The van der Waals surface area contributed by atoms with E-state index in [0.29, 0.717) is 0 Å². The molecule has 1 atom stereocenters. The van der Waals surface area contributed by atoms with Crippen molar-refractivity contribution in [2.24, 2.45) is 11.5 Å². The average Bonchev–Trinajstić information content (AvgIpc) is 2.16. The lowest BCUT2D eigenvalue weighted by Gasteiger charge is -2.19. The van der Waals surface area contributed by atoms with Crippen molar-refractivity contribution in [3.8, 4) is 0 Å². The molecule has 2 nitrogen and oxygen atoms in total. The fourth-order valence-electron chi connectivity index (χ4n) is 1.48. The van der Waals surface area contributed by atoms with Crippen molar-refractivity contribution in [2.45, 2.75) is 18.6 Å². The van der Waals surface area contributed by atoms with Crippen LogP contribution < -0.4 is 11.5 Å². The Hall–Kier alpha value is -0.780. The highest BCUT2D eigenvalue weighted by Gasteiger charge is 2.35. The standard InChI is InChI=1S/C10H12ClF3N2/c11-7-3-1-2-6(10(12,13)14)9(7)8(16)4-5-15/h1-3,8H,4-5,15-16H2/t8-/m1/s1. The van der Waals surface area contributed by atoms with E-state index in [4.69, 9.17) is 23.1 Å². The van der Waals surface area contributed by atoms with Gasteiger partial charge in [-0.15, -0.1) is 0 Å². The highest BCUT2D eigenvalue weighted by Crippen LogP contribution is 2.37. The van der Waals surface area contributed by atoms with Crippen LogP contribution in [0, 0.1) is 0 Å². The topological polar surface area (TPSA) is 52.0 Å². The van der Waals surface area contributed by atoms with E-state index in [1.54, 1.807) is 0 Å². The molecule has 0 amide bonds. The summed E-state index contributed by atoms with van der Waals surface area (Å²) in [6, 6.07) is 2.82. The third-order valence-electron chi connectivity index (χ3n) is 2.21. The predicted octanol–water partition coefficient (Wildman–Crippen LogP) is 2.71. The van der Waals surface area contributed by atoms with Gasteiger partial charge in [0.05, 0.1) is 5.56 Å². The van der Waals surface area contributed by atoms with Gasteiger partial charge in [-0.1, -0.05) is 17.7 Å². The van der Waals surface area contributed by atoms with Crippen molar-refractivity contribution in [1.29, 1.82) is 0 Å². The lowest BCUT2D eigenvalue weighted by atomic mass is 9.98. The molecule has 0 aromatic heterocycles. The van der Waals surface area contributed by atoms with Gasteiger partial charge in [-0.05, 0) is 30.7 Å². The highest BCUT2D eigenvalue weighted by molar-refractivity contribution is 6.31. The van der Waals surface area contributed by atoms with Gasteiger partial charge >= 0.3 is 6.18 Å². The molecule has 0 aliphatic carbocycles. The summed E-state index contributed by atoms with van der Waals surface area (Å²) in [5.74, 6) is 0. The second kappa shape index (κ2) is 5.03. The van der Waals surface area contributed by atoms with Crippen LogP contribution in [-0.4, -0.2) is 6.54 Å². The Morgan fingerprint density at radius 1 is 1.31 bits per heavy atom. The molecule has 0 aliphatic heterocycles. The Kier molecular flexibility index (Phi) is 4.18. The van der Waals surface area contributed by atoms with E-state index in [1.165, 1.54) is 12.1 Å². The van der Waals surface area contributed by atoms with Gasteiger partial charge in [-0.2, -0.15) is 13.2 Å². The third kappa shape index (κ3) is 2.87. The molecule has 16 heavy (non-hydrogen) atoms. The summed E-state index contributed by atoms with van der Waals surface area (Å²) in [7, 11) is 0. The van der Waals surface area contributed by atoms with Crippen LogP contribution in [0.1, 0.15) is 23.6 Å². The van der Waals surface area contributed by atoms with Gasteiger partial charge < -0.3 is 11.5 Å². The fourth-order valence-corrected chi connectivity index (χ4v) is 1.80. The molecule has 0 saturated carbocycles. The van der Waals surface area contributed by atoms with Crippen LogP contribution in [0.5, 0.6) is 0 Å². The quantitative estimate of drug-likeness (QED) is 0.869. The number of hydrogen-bond acceptors (Lipinski definition) is 2. The lowest BCUT2D eigenvalue weighted by molar-refractivity contribution is -0.138. The molecule has 1 aromatic carbocycles. The van der Waals surface area contributed by atoms with Crippen molar-refractivity contribution < 1.29 is 13.2 Å². The smallest absolute Gasteiger partial charge is 0.330 e. The first-order valence-electron chi connectivity index (χ1n) is 4.69. The minimum absolute atomic E-state index is 0.0239. The van der Waals surface area contributed by atoms with E-state index >= 15 is 0 Å². The van der Waals surface area contributed by atoms with E-state index in [2.05, 4.69) is 0 Å². The molecular weight excluding hydrogens is 241 g/mol. The van der Waals surface area contributed by atoms with Crippen molar-refractivity contribution in [3.05, 3.63) is 34.3 Å². The number of rotatable bonds is 3. The SMILES string of the molecule is NCC[C@@H](N)c1c(Cl)cccc1C(F)(F)F. The van der Waals surface area contributed by atoms with Gasteiger partial charge in [0, 0.05) is 11.1 Å². The van der Waals surface area contributed by atoms with E-state index in [1.807, 2.05) is 0 Å². The summed E-state index contributed by atoms with van der Waals surface area (Å²) in [5.41, 5.74) is 10.0. The number of hydrogen-bond donors (Lipinski definition) is 2. The van der Waals surface area contributed by atoms with Crippen LogP contribution >= 0.6 is 11.6 Å². The summed E-state index contributed by atoms with van der Waals surface area (Å²) in [4.78, 5) is 0. The lowest BCUT2D eigenvalue weighted by Crippen LogP contribution is -2.20. The second-order valence-electron chi connectivity index (χ2n) is 3.38. The maximum Gasteiger partial charge on any atom is 0.416 e. The van der Waals surface area contributed by atoms with E-state index in [9.17, 15) is 13.2 Å². The van der Waals surface area contributed by atoms with Crippen LogP contribution in [0.4, 0.5) is 13.2 Å². The predicted molar refractivity (Wildman–Crippen MR) is 57.1 cm³/mol. The molecule has 0 radical (unpaired) electrons. The number of alkyl halides is 3. The summed E-state index contributed by atoms with van der Waals surface area (Å²) in [5, 5.41) is 0.0239. The van der Waals surface area contributed by atoms with Crippen LogP contribution in [0.25, 0.3) is 0 Å². The second-order valence-corrected chi connectivity index (χ2v) is 3.79. The first-order chi connectivity index (χ1) is 7.38. The van der Waals surface area contributed by atoms with E-state index in [0.717, 1.165) is 6.07 Å². The van der Waals surface area contributed by atoms with Gasteiger partial charge in [-0.3, -0.25) is 0 Å². The zero-order chi connectivity index (χ0) is 12.3. The molecular formula is C10H12ClF3N2. The summed E-state index contributed by atoms with van der Waals surface area (Å²) in [6.45, 7) is 0.212. The molecule has 90 valence electrons. The summed E-state index contributed by atoms with van der Waals surface area (Å²) in [6.07, 6.45) is -4.20. The Balaban J connectivity index is 3.24. The molecule has 1 rings (SSSR count). The molecule has 0 bridgehead atoms. The van der Waals surface area contributed by atoms with Crippen LogP contribution in [0.3, 0.4) is 0 Å². The summed E-state index contributed by atoms with van der Waals surface area (Å²) >= 11 is 5.75. The van der Waals surface area contributed by atoms with Crippen molar-refractivity contribution in [1.82, 2.24) is 0 Å². The number of benzene rings is 1. The van der Waals surface area contributed by atoms with Crippen LogP contribution in [0.15, 0.2) is 18.2 Å². The summed E-state index contributed by atoms with van der Waals surface area (Å²) < 4.78 is 38.1. The molecule has 0 fully saturated rings. The molecule has 0 spiro atoms. The Bertz CT molecular complexity index is 366. The zero-order valence-electron chi connectivity index (χ0n) is 8.39. The van der Waals surface area contributed by atoms with Crippen molar-refractivity contribution in [3.63, 3.8) is 0 Å². The van der Waals surface area contributed by atoms with Gasteiger partial charge in [-0.25, -0.2) is 0 Å². The fraction of sp³-hybridized carbons (Fsp3) is 0.400. The molecule has 6 heteroatoms. The first kappa shape index (κ1) is 13.3. The molecule has 4 N–H and O–H groups in total.